The number of anilines is 1. The largest absolute Gasteiger partial charge is 0.490 e. The molecule has 1 aromatic heterocycles. The van der Waals surface area contributed by atoms with Crippen molar-refractivity contribution in [3.8, 4) is 11.5 Å². The van der Waals surface area contributed by atoms with Gasteiger partial charge in [0, 0.05) is 31.9 Å². The smallest absolute Gasteiger partial charge is 0.254 e. The van der Waals surface area contributed by atoms with Crippen molar-refractivity contribution in [3.63, 3.8) is 0 Å². The zero-order chi connectivity index (χ0) is 16.8. The predicted molar refractivity (Wildman–Crippen MR) is 89.4 cm³/mol. The molecule has 1 aromatic carbocycles. The zero-order valence-corrected chi connectivity index (χ0v) is 13.5. The average Bonchev–Trinajstić information content (AvgIpc) is 2.85. The summed E-state index contributed by atoms with van der Waals surface area (Å²) >= 11 is 0. The Kier molecular flexibility index (Phi) is 5.10. The molecule has 24 heavy (non-hydrogen) atoms. The fraction of sp³-hybridized carbons (Fsp3) is 0.353. The minimum Gasteiger partial charge on any atom is -0.490 e. The lowest BCUT2D eigenvalue weighted by atomic mass is 10.2. The number of nitrogens with one attached hydrogen (secondary N) is 2. The fourth-order valence-electron chi connectivity index (χ4n) is 2.30. The molecule has 0 fully saturated rings. The minimum atomic E-state index is -0.217. The van der Waals surface area contributed by atoms with E-state index in [0.29, 0.717) is 31.3 Å². The first-order valence-corrected chi connectivity index (χ1v) is 7.99. The molecular weight excluding hydrogens is 308 g/mol. The maximum atomic E-state index is 12.2. The van der Waals surface area contributed by atoms with E-state index in [9.17, 15) is 4.79 Å². The monoisotopic (exact) mass is 328 g/mol. The number of hydrogen-bond donors (Lipinski definition) is 2. The third-order valence-corrected chi connectivity index (χ3v) is 3.51. The lowest BCUT2D eigenvalue weighted by Gasteiger charge is -2.10. The number of nitrogens with zero attached hydrogens (tertiary/aromatic N) is 2. The van der Waals surface area contributed by atoms with Crippen LogP contribution in [0, 0.1) is 0 Å². The lowest BCUT2D eigenvalue weighted by Crippen LogP contribution is -2.23. The van der Waals surface area contributed by atoms with E-state index in [0.717, 1.165) is 30.0 Å². The molecule has 0 atom stereocenters. The van der Waals surface area contributed by atoms with Crippen LogP contribution in [-0.2, 0) is 6.54 Å². The van der Waals surface area contributed by atoms with Gasteiger partial charge < -0.3 is 20.1 Å². The molecule has 0 unspecified atom stereocenters. The first kappa shape index (κ1) is 16.0. The van der Waals surface area contributed by atoms with Gasteiger partial charge in [-0.25, -0.2) is 9.97 Å². The molecule has 0 aliphatic carbocycles. The summed E-state index contributed by atoms with van der Waals surface area (Å²) in [6.07, 6.45) is 3.88. The highest BCUT2D eigenvalue weighted by atomic mass is 16.5. The zero-order valence-electron chi connectivity index (χ0n) is 13.5. The molecule has 0 spiro atoms. The Morgan fingerprint density at radius 1 is 1.17 bits per heavy atom. The molecule has 0 radical (unpaired) electrons. The molecule has 7 heteroatoms. The van der Waals surface area contributed by atoms with Crippen molar-refractivity contribution >= 4 is 11.9 Å². The van der Waals surface area contributed by atoms with Crippen molar-refractivity contribution in [2.75, 3.05) is 25.1 Å². The summed E-state index contributed by atoms with van der Waals surface area (Å²) in [5, 5.41) is 5.84. The molecule has 7 nitrogen and oxygen atoms in total. The van der Waals surface area contributed by atoms with Gasteiger partial charge in [0.1, 0.15) is 0 Å². The average molecular weight is 328 g/mol. The second-order valence-electron chi connectivity index (χ2n) is 5.34. The molecule has 1 aliphatic rings. The molecule has 2 N–H and O–H groups in total. The van der Waals surface area contributed by atoms with Crippen molar-refractivity contribution < 1.29 is 14.3 Å². The van der Waals surface area contributed by atoms with Crippen LogP contribution in [0.5, 0.6) is 11.5 Å². The van der Waals surface area contributed by atoms with E-state index in [1.54, 1.807) is 0 Å². The van der Waals surface area contributed by atoms with E-state index in [4.69, 9.17) is 9.47 Å². The SMILES string of the molecule is CCNc1ncc(C(=O)NCc2ccc3c(c2)OCCCO3)cn1. The van der Waals surface area contributed by atoms with Crippen LogP contribution in [0.3, 0.4) is 0 Å². The van der Waals surface area contributed by atoms with Crippen molar-refractivity contribution in [3.05, 3.63) is 41.7 Å². The molecule has 3 rings (SSSR count). The topological polar surface area (TPSA) is 85.4 Å². The Morgan fingerprint density at radius 2 is 1.92 bits per heavy atom. The summed E-state index contributed by atoms with van der Waals surface area (Å²) in [6.45, 7) is 4.38. The third-order valence-electron chi connectivity index (χ3n) is 3.51. The standard InChI is InChI=1S/C17H20N4O3/c1-2-18-17-20-10-13(11-21-17)16(22)19-9-12-4-5-14-15(8-12)24-7-3-6-23-14/h4-5,8,10-11H,2-3,6-7,9H2,1H3,(H,19,22)(H,18,20,21). The summed E-state index contributed by atoms with van der Waals surface area (Å²) < 4.78 is 11.2. The highest BCUT2D eigenvalue weighted by molar-refractivity contribution is 5.93. The number of hydrogen-bond acceptors (Lipinski definition) is 6. The van der Waals surface area contributed by atoms with Gasteiger partial charge in [0.05, 0.1) is 18.8 Å². The van der Waals surface area contributed by atoms with Crippen LogP contribution in [0.15, 0.2) is 30.6 Å². The van der Waals surface area contributed by atoms with Crippen molar-refractivity contribution in [2.45, 2.75) is 19.9 Å². The van der Waals surface area contributed by atoms with E-state index in [1.807, 2.05) is 25.1 Å². The van der Waals surface area contributed by atoms with E-state index >= 15 is 0 Å². The number of carbonyl (C=O) groups excluding carboxylic acids is 1. The second-order valence-corrected chi connectivity index (χ2v) is 5.34. The van der Waals surface area contributed by atoms with Gasteiger partial charge in [-0.15, -0.1) is 0 Å². The number of rotatable bonds is 5. The number of aromatic nitrogens is 2. The Hall–Kier alpha value is -2.83. The van der Waals surface area contributed by atoms with Crippen molar-refractivity contribution in [2.24, 2.45) is 0 Å². The van der Waals surface area contributed by atoms with Gasteiger partial charge in [-0.2, -0.15) is 0 Å². The normalized spacial score (nSPS) is 13.0. The summed E-state index contributed by atoms with van der Waals surface area (Å²) in [5.41, 5.74) is 1.36. The quantitative estimate of drug-likeness (QED) is 0.873. The summed E-state index contributed by atoms with van der Waals surface area (Å²) in [4.78, 5) is 20.3. The number of amides is 1. The van der Waals surface area contributed by atoms with Crippen LogP contribution in [0.25, 0.3) is 0 Å². The molecule has 2 aromatic rings. The highest BCUT2D eigenvalue weighted by Gasteiger charge is 2.12. The highest BCUT2D eigenvalue weighted by Crippen LogP contribution is 2.30. The molecule has 1 amide bonds. The van der Waals surface area contributed by atoms with Crippen molar-refractivity contribution in [1.29, 1.82) is 0 Å². The van der Waals surface area contributed by atoms with E-state index < -0.39 is 0 Å². The molecule has 0 bridgehead atoms. The molecule has 1 aliphatic heterocycles. The maximum Gasteiger partial charge on any atom is 0.254 e. The van der Waals surface area contributed by atoms with Crippen molar-refractivity contribution in [1.82, 2.24) is 15.3 Å². The predicted octanol–water partition coefficient (Wildman–Crippen LogP) is 2.00. The first-order valence-electron chi connectivity index (χ1n) is 7.99. The van der Waals surface area contributed by atoms with Crippen LogP contribution in [0.2, 0.25) is 0 Å². The van der Waals surface area contributed by atoms with Gasteiger partial charge in [-0.1, -0.05) is 6.07 Å². The number of benzene rings is 1. The molecule has 0 saturated heterocycles. The Labute approximate surface area is 140 Å². The van der Waals surface area contributed by atoms with Crippen LogP contribution >= 0.6 is 0 Å². The molecular formula is C17H20N4O3. The number of fused-ring (bicyclic) bond motifs is 1. The number of ether oxygens (including phenoxy) is 2. The summed E-state index contributed by atoms with van der Waals surface area (Å²) in [7, 11) is 0. The van der Waals surface area contributed by atoms with E-state index in [2.05, 4.69) is 20.6 Å². The summed E-state index contributed by atoms with van der Waals surface area (Å²) in [5.74, 6) is 1.76. The Bertz CT molecular complexity index is 703. The lowest BCUT2D eigenvalue weighted by molar-refractivity contribution is 0.0950. The van der Waals surface area contributed by atoms with Gasteiger partial charge in [0.2, 0.25) is 5.95 Å². The van der Waals surface area contributed by atoms with Gasteiger partial charge in [-0.05, 0) is 24.6 Å². The third kappa shape index (κ3) is 3.92. The van der Waals surface area contributed by atoms with Gasteiger partial charge in [-0.3, -0.25) is 4.79 Å². The van der Waals surface area contributed by atoms with Crippen LogP contribution in [-0.4, -0.2) is 35.6 Å². The van der Waals surface area contributed by atoms with Gasteiger partial charge in [0.15, 0.2) is 11.5 Å². The molecule has 126 valence electrons. The Morgan fingerprint density at radius 3 is 2.67 bits per heavy atom. The summed E-state index contributed by atoms with van der Waals surface area (Å²) in [6, 6.07) is 5.68. The van der Waals surface area contributed by atoms with E-state index in [1.165, 1.54) is 12.4 Å². The molecule has 0 saturated carbocycles. The second kappa shape index (κ2) is 7.63. The number of carbonyl (C=O) groups is 1. The van der Waals surface area contributed by atoms with Gasteiger partial charge >= 0.3 is 0 Å². The van der Waals surface area contributed by atoms with Gasteiger partial charge in [0.25, 0.3) is 5.91 Å². The van der Waals surface area contributed by atoms with Crippen LogP contribution < -0.4 is 20.1 Å². The first-order chi connectivity index (χ1) is 11.8. The molecule has 2 heterocycles. The Balaban J connectivity index is 1.60. The maximum absolute atomic E-state index is 12.2. The minimum absolute atomic E-state index is 0.217. The van der Waals surface area contributed by atoms with Crippen LogP contribution in [0.4, 0.5) is 5.95 Å². The fourth-order valence-corrected chi connectivity index (χ4v) is 2.30. The van der Waals surface area contributed by atoms with E-state index in [-0.39, 0.29) is 5.91 Å². The van der Waals surface area contributed by atoms with Crippen LogP contribution in [0.1, 0.15) is 29.3 Å².